The smallest absolute Gasteiger partial charge is 0.303 e. The Balaban J connectivity index is 0.00000242. The lowest BCUT2D eigenvalue weighted by molar-refractivity contribution is -0.137. The molecule has 2 rings (SSSR count). The summed E-state index contributed by atoms with van der Waals surface area (Å²) in [7, 11) is 0. The van der Waals surface area contributed by atoms with Crippen LogP contribution in [0, 0.1) is 0 Å². The Kier molecular flexibility index (Phi) is 7.48. The van der Waals surface area contributed by atoms with Gasteiger partial charge in [-0.2, -0.15) is 0 Å². The van der Waals surface area contributed by atoms with Crippen LogP contribution in [0.15, 0.2) is 12.1 Å². The molecule has 0 fully saturated rings. The zero-order chi connectivity index (χ0) is 15.2. The van der Waals surface area contributed by atoms with Gasteiger partial charge in [-0.1, -0.05) is 13.8 Å². The second kappa shape index (κ2) is 8.86. The minimum atomic E-state index is -0.749. The molecular weight excluding hydrogens is 306 g/mol. The first-order valence-electron chi connectivity index (χ1n) is 7.49. The van der Waals surface area contributed by atoms with Crippen molar-refractivity contribution < 1.29 is 19.4 Å². The summed E-state index contributed by atoms with van der Waals surface area (Å²) in [6.07, 6.45) is 1.58. The summed E-state index contributed by atoms with van der Waals surface area (Å²) in [6, 6.07) is 4.04. The first kappa shape index (κ1) is 18.6. The standard InChI is InChI=1S/C16H23NO4.ClH/c1-3-17(4-2)10-13-9-15-14(20-11-21-15)8-12(13)6-5-7-16(18)19;/h8-9H,3-7,10-11H2,1-2H3,(H,18,19);1H. The van der Waals surface area contributed by atoms with E-state index in [4.69, 9.17) is 14.6 Å². The molecule has 1 aromatic carbocycles. The van der Waals surface area contributed by atoms with E-state index in [2.05, 4.69) is 18.7 Å². The summed E-state index contributed by atoms with van der Waals surface area (Å²) >= 11 is 0. The molecule has 0 unspecified atom stereocenters. The number of carbonyl (C=O) groups is 1. The topological polar surface area (TPSA) is 59.0 Å². The van der Waals surface area contributed by atoms with Gasteiger partial charge in [-0.15, -0.1) is 12.4 Å². The molecule has 1 aliphatic heterocycles. The van der Waals surface area contributed by atoms with Crippen molar-refractivity contribution in [1.29, 1.82) is 0 Å². The Morgan fingerprint density at radius 2 is 1.77 bits per heavy atom. The van der Waals surface area contributed by atoms with Gasteiger partial charge in [0.2, 0.25) is 6.79 Å². The van der Waals surface area contributed by atoms with Crippen molar-refractivity contribution in [2.45, 2.75) is 39.7 Å². The third kappa shape index (κ3) is 4.78. The lowest BCUT2D eigenvalue weighted by Crippen LogP contribution is -2.22. The molecule has 6 heteroatoms. The zero-order valence-corrected chi connectivity index (χ0v) is 13.9. The molecule has 1 aliphatic rings. The van der Waals surface area contributed by atoms with Crippen molar-refractivity contribution in [1.82, 2.24) is 4.90 Å². The number of carboxylic acids is 1. The van der Waals surface area contributed by atoms with Crippen molar-refractivity contribution in [3.8, 4) is 11.5 Å². The van der Waals surface area contributed by atoms with Crippen molar-refractivity contribution in [2.24, 2.45) is 0 Å². The van der Waals surface area contributed by atoms with Crippen molar-refractivity contribution >= 4 is 18.4 Å². The van der Waals surface area contributed by atoms with Gasteiger partial charge in [0.05, 0.1) is 0 Å². The minimum absolute atomic E-state index is 0. The summed E-state index contributed by atoms with van der Waals surface area (Å²) < 4.78 is 10.9. The Morgan fingerprint density at radius 1 is 1.18 bits per heavy atom. The van der Waals surface area contributed by atoms with E-state index in [9.17, 15) is 4.79 Å². The Hall–Kier alpha value is -1.46. The van der Waals surface area contributed by atoms with E-state index in [-0.39, 0.29) is 25.6 Å². The monoisotopic (exact) mass is 329 g/mol. The number of carboxylic acid groups (broad SMARTS) is 1. The number of aliphatic carboxylic acids is 1. The molecule has 0 saturated heterocycles. The third-order valence-electron chi connectivity index (χ3n) is 3.82. The van der Waals surface area contributed by atoms with Gasteiger partial charge in [0.25, 0.3) is 0 Å². The SMILES string of the molecule is CCN(CC)Cc1cc2c(cc1CCCC(=O)O)OCO2.Cl. The van der Waals surface area contributed by atoms with Gasteiger partial charge in [-0.05, 0) is 49.2 Å². The van der Waals surface area contributed by atoms with Gasteiger partial charge < -0.3 is 14.6 Å². The lowest BCUT2D eigenvalue weighted by atomic mass is 10.00. The van der Waals surface area contributed by atoms with Crippen LogP contribution in [0.4, 0.5) is 0 Å². The molecule has 0 aromatic heterocycles. The number of ether oxygens (including phenoxy) is 2. The number of aryl methyl sites for hydroxylation is 1. The molecule has 0 atom stereocenters. The molecule has 0 saturated carbocycles. The number of nitrogens with zero attached hydrogens (tertiary/aromatic N) is 1. The van der Waals surface area contributed by atoms with Crippen LogP contribution in [0.1, 0.15) is 37.8 Å². The number of halogens is 1. The fourth-order valence-electron chi connectivity index (χ4n) is 2.52. The van der Waals surface area contributed by atoms with Crippen LogP contribution in [0.25, 0.3) is 0 Å². The highest BCUT2D eigenvalue weighted by Gasteiger charge is 2.18. The van der Waals surface area contributed by atoms with E-state index in [0.717, 1.165) is 43.1 Å². The number of fused-ring (bicyclic) bond motifs is 1. The zero-order valence-electron chi connectivity index (χ0n) is 13.1. The summed E-state index contributed by atoms with van der Waals surface area (Å²) in [5.41, 5.74) is 2.36. The van der Waals surface area contributed by atoms with E-state index in [0.29, 0.717) is 6.42 Å². The summed E-state index contributed by atoms with van der Waals surface area (Å²) in [5, 5.41) is 8.78. The van der Waals surface area contributed by atoms with Crippen molar-refractivity contribution in [2.75, 3.05) is 19.9 Å². The second-order valence-electron chi connectivity index (χ2n) is 5.18. The average Bonchev–Trinajstić information content (AvgIpc) is 2.91. The van der Waals surface area contributed by atoms with Crippen LogP contribution in [0.3, 0.4) is 0 Å². The first-order chi connectivity index (χ1) is 10.1. The third-order valence-corrected chi connectivity index (χ3v) is 3.82. The highest BCUT2D eigenvalue weighted by molar-refractivity contribution is 5.85. The first-order valence-corrected chi connectivity index (χ1v) is 7.49. The predicted molar refractivity (Wildman–Crippen MR) is 87.0 cm³/mol. The summed E-state index contributed by atoms with van der Waals surface area (Å²) in [4.78, 5) is 13.0. The van der Waals surface area contributed by atoms with Crippen LogP contribution < -0.4 is 9.47 Å². The molecule has 1 heterocycles. The van der Waals surface area contributed by atoms with Gasteiger partial charge in [0, 0.05) is 13.0 Å². The maximum atomic E-state index is 10.7. The Bertz CT molecular complexity index is 503. The van der Waals surface area contributed by atoms with Crippen molar-refractivity contribution in [3.63, 3.8) is 0 Å². The highest BCUT2D eigenvalue weighted by atomic mass is 35.5. The van der Waals surface area contributed by atoms with E-state index in [1.54, 1.807) is 0 Å². The largest absolute Gasteiger partial charge is 0.481 e. The molecule has 0 spiro atoms. The van der Waals surface area contributed by atoms with Crippen LogP contribution in [0.5, 0.6) is 11.5 Å². The maximum Gasteiger partial charge on any atom is 0.303 e. The molecule has 0 amide bonds. The van der Waals surface area contributed by atoms with Gasteiger partial charge in [-0.3, -0.25) is 9.69 Å². The van der Waals surface area contributed by atoms with E-state index >= 15 is 0 Å². The fourth-order valence-corrected chi connectivity index (χ4v) is 2.52. The normalized spacial score (nSPS) is 12.3. The van der Waals surface area contributed by atoms with Crippen LogP contribution in [-0.4, -0.2) is 35.9 Å². The summed E-state index contributed by atoms with van der Waals surface area (Å²) in [6.45, 7) is 7.37. The molecular formula is C16H24ClNO4. The van der Waals surface area contributed by atoms with Gasteiger partial charge in [-0.25, -0.2) is 0 Å². The van der Waals surface area contributed by atoms with Crippen LogP contribution >= 0.6 is 12.4 Å². The van der Waals surface area contributed by atoms with Crippen molar-refractivity contribution in [3.05, 3.63) is 23.3 Å². The maximum absolute atomic E-state index is 10.7. The second-order valence-corrected chi connectivity index (χ2v) is 5.18. The fraction of sp³-hybridized carbons (Fsp3) is 0.562. The average molecular weight is 330 g/mol. The quantitative estimate of drug-likeness (QED) is 0.794. The minimum Gasteiger partial charge on any atom is -0.481 e. The molecule has 124 valence electrons. The van der Waals surface area contributed by atoms with E-state index < -0.39 is 5.97 Å². The number of hydrogen-bond donors (Lipinski definition) is 1. The predicted octanol–water partition coefficient (Wildman–Crippen LogP) is 3.09. The van der Waals surface area contributed by atoms with Crippen LogP contribution in [-0.2, 0) is 17.8 Å². The molecule has 0 radical (unpaired) electrons. The number of benzene rings is 1. The lowest BCUT2D eigenvalue weighted by Gasteiger charge is -2.20. The van der Waals surface area contributed by atoms with Crippen LogP contribution in [0.2, 0.25) is 0 Å². The molecule has 0 aliphatic carbocycles. The van der Waals surface area contributed by atoms with Gasteiger partial charge in [0.1, 0.15) is 0 Å². The van der Waals surface area contributed by atoms with Gasteiger partial charge in [0.15, 0.2) is 11.5 Å². The molecule has 5 nitrogen and oxygen atoms in total. The number of hydrogen-bond acceptors (Lipinski definition) is 4. The van der Waals surface area contributed by atoms with Gasteiger partial charge >= 0.3 is 5.97 Å². The Morgan fingerprint density at radius 3 is 2.32 bits per heavy atom. The highest BCUT2D eigenvalue weighted by Crippen LogP contribution is 2.35. The molecule has 1 N–H and O–H groups in total. The Labute approximate surface area is 137 Å². The molecule has 1 aromatic rings. The van der Waals surface area contributed by atoms with E-state index in [1.165, 1.54) is 5.56 Å². The summed E-state index contributed by atoms with van der Waals surface area (Å²) in [5.74, 6) is 0.809. The molecule has 22 heavy (non-hydrogen) atoms. The molecule has 0 bridgehead atoms. The number of rotatable bonds is 8. The van der Waals surface area contributed by atoms with E-state index in [1.807, 2.05) is 12.1 Å².